The van der Waals surface area contributed by atoms with Crippen LogP contribution in [0, 0.1) is 0 Å². The normalized spacial score (nSPS) is 17.2. The van der Waals surface area contributed by atoms with Crippen molar-refractivity contribution in [3.05, 3.63) is 59.2 Å². The van der Waals surface area contributed by atoms with E-state index in [2.05, 4.69) is 5.32 Å². The van der Waals surface area contributed by atoms with Gasteiger partial charge in [0.05, 0.1) is 6.61 Å². The molecule has 4 rings (SSSR count). The molecule has 0 atom stereocenters. The number of ether oxygens (including phenoxy) is 1. The molecule has 8 heteroatoms. The number of nitrogens with one attached hydrogen (secondary N) is 1. The van der Waals surface area contributed by atoms with Gasteiger partial charge in [-0.1, -0.05) is 18.2 Å². The molecule has 31 heavy (non-hydrogen) atoms. The number of piperidine rings is 1. The van der Waals surface area contributed by atoms with Crippen LogP contribution in [0.2, 0.25) is 13.1 Å². The van der Waals surface area contributed by atoms with Crippen molar-refractivity contribution in [3.8, 4) is 5.75 Å². The highest BCUT2D eigenvalue weighted by Gasteiger charge is 2.44. The standard InChI is InChI=1S/C23H28N2O5Si/c1-31(2,29)18-5-3-4-17(13-18)21(26)25-10-8-23(9-11-25)15-30-20-7-6-16(12-19(20)23)14-24-22(27)28/h3-7,12-13,24,29H,8-11,14-15H2,1-2H3,(H,27,28). The van der Waals surface area contributed by atoms with Gasteiger partial charge in [-0.3, -0.25) is 4.79 Å². The van der Waals surface area contributed by atoms with Crippen molar-refractivity contribution >= 4 is 25.5 Å². The van der Waals surface area contributed by atoms with Gasteiger partial charge in [0, 0.05) is 36.2 Å². The van der Waals surface area contributed by atoms with Crippen LogP contribution < -0.4 is 15.2 Å². The third kappa shape index (κ3) is 4.31. The zero-order valence-electron chi connectivity index (χ0n) is 17.9. The zero-order chi connectivity index (χ0) is 22.2. The Morgan fingerprint density at radius 3 is 2.58 bits per heavy atom. The van der Waals surface area contributed by atoms with E-state index in [-0.39, 0.29) is 17.9 Å². The van der Waals surface area contributed by atoms with E-state index in [1.807, 2.05) is 60.5 Å². The number of carbonyl (C=O) groups is 2. The molecule has 2 aliphatic heterocycles. The Morgan fingerprint density at radius 1 is 1.16 bits per heavy atom. The van der Waals surface area contributed by atoms with E-state index in [9.17, 15) is 14.4 Å². The molecule has 2 heterocycles. The van der Waals surface area contributed by atoms with Crippen LogP contribution in [0.5, 0.6) is 5.75 Å². The van der Waals surface area contributed by atoms with E-state index in [1.165, 1.54) is 0 Å². The predicted octanol–water partition coefficient (Wildman–Crippen LogP) is 2.42. The van der Waals surface area contributed by atoms with Gasteiger partial charge in [0.15, 0.2) is 0 Å². The van der Waals surface area contributed by atoms with E-state index in [4.69, 9.17) is 9.84 Å². The fourth-order valence-electron chi connectivity index (χ4n) is 4.47. The Morgan fingerprint density at radius 2 is 1.90 bits per heavy atom. The summed E-state index contributed by atoms with van der Waals surface area (Å²) in [4.78, 5) is 36.2. The van der Waals surface area contributed by atoms with Crippen molar-refractivity contribution in [2.24, 2.45) is 0 Å². The number of hydrogen-bond acceptors (Lipinski definition) is 4. The maximum absolute atomic E-state index is 13.1. The smallest absolute Gasteiger partial charge is 0.404 e. The van der Waals surface area contributed by atoms with Gasteiger partial charge in [-0.2, -0.15) is 0 Å². The lowest BCUT2D eigenvalue weighted by Crippen LogP contribution is -2.46. The molecule has 2 amide bonds. The molecule has 164 valence electrons. The Bertz CT molecular complexity index is 1010. The number of rotatable bonds is 4. The number of likely N-dealkylation sites (tertiary alicyclic amines) is 1. The molecule has 7 nitrogen and oxygen atoms in total. The van der Waals surface area contributed by atoms with Gasteiger partial charge < -0.3 is 24.9 Å². The van der Waals surface area contributed by atoms with Crippen molar-refractivity contribution in [3.63, 3.8) is 0 Å². The van der Waals surface area contributed by atoms with Crippen molar-refractivity contribution in [2.75, 3.05) is 19.7 Å². The Hall–Kier alpha value is -2.84. The van der Waals surface area contributed by atoms with Gasteiger partial charge in [-0.15, -0.1) is 0 Å². The van der Waals surface area contributed by atoms with Gasteiger partial charge in [-0.05, 0) is 61.0 Å². The molecule has 0 unspecified atom stereocenters. The van der Waals surface area contributed by atoms with Crippen LogP contribution >= 0.6 is 0 Å². The van der Waals surface area contributed by atoms with Gasteiger partial charge >= 0.3 is 6.09 Å². The van der Waals surface area contributed by atoms with Gasteiger partial charge in [0.25, 0.3) is 5.91 Å². The summed E-state index contributed by atoms with van der Waals surface area (Å²) in [5, 5.41) is 12.1. The highest BCUT2D eigenvalue weighted by molar-refractivity contribution is 6.83. The maximum atomic E-state index is 13.1. The molecule has 0 bridgehead atoms. The van der Waals surface area contributed by atoms with Gasteiger partial charge in [0.2, 0.25) is 8.32 Å². The van der Waals surface area contributed by atoms with Crippen LogP contribution in [0.25, 0.3) is 0 Å². The number of hydrogen-bond donors (Lipinski definition) is 3. The van der Waals surface area contributed by atoms with Crippen LogP contribution in [0.15, 0.2) is 42.5 Å². The number of nitrogens with zero attached hydrogens (tertiary/aromatic N) is 1. The summed E-state index contributed by atoms with van der Waals surface area (Å²) in [6, 6.07) is 13.2. The minimum atomic E-state index is -2.47. The molecule has 0 aromatic heterocycles. The third-order valence-corrected chi connectivity index (χ3v) is 8.11. The molecule has 1 fully saturated rings. The summed E-state index contributed by atoms with van der Waals surface area (Å²) >= 11 is 0. The number of amides is 2. The first-order valence-electron chi connectivity index (χ1n) is 10.5. The van der Waals surface area contributed by atoms with Crippen molar-refractivity contribution in [1.29, 1.82) is 0 Å². The molecule has 0 radical (unpaired) electrons. The topological polar surface area (TPSA) is 99.1 Å². The Labute approximate surface area is 182 Å². The van der Waals surface area contributed by atoms with E-state index in [1.54, 1.807) is 0 Å². The first-order chi connectivity index (χ1) is 14.7. The second kappa shape index (κ2) is 8.01. The maximum Gasteiger partial charge on any atom is 0.404 e. The van der Waals surface area contributed by atoms with Crippen LogP contribution in [-0.2, 0) is 12.0 Å². The number of benzene rings is 2. The summed E-state index contributed by atoms with van der Waals surface area (Å²) < 4.78 is 5.94. The Balaban J connectivity index is 1.48. The summed E-state index contributed by atoms with van der Waals surface area (Å²) in [6.45, 7) is 5.79. The molecule has 2 aliphatic rings. The lowest BCUT2D eigenvalue weighted by Gasteiger charge is -2.38. The highest BCUT2D eigenvalue weighted by atomic mass is 28.4. The first kappa shape index (κ1) is 21.4. The lowest BCUT2D eigenvalue weighted by atomic mass is 9.74. The third-order valence-electron chi connectivity index (χ3n) is 6.39. The Kier molecular flexibility index (Phi) is 5.53. The second-order valence-corrected chi connectivity index (χ2v) is 12.7. The molecule has 3 N–H and O–H groups in total. The molecule has 1 spiro atoms. The molecule has 0 aliphatic carbocycles. The molecular formula is C23H28N2O5Si. The largest absolute Gasteiger partial charge is 0.492 e. The lowest BCUT2D eigenvalue weighted by molar-refractivity contribution is 0.0646. The number of fused-ring (bicyclic) bond motifs is 2. The van der Waals surface area contributed by atoms with E-state index in [0.29, 0.717) is 25.3 Å². The molecule has 0 saturated carbocycles. The van der Waals surface area contributed by atoms with Crippen LogP contribution in [-0.4, -0.2) is 54.8 Å². The van der Waals surface area contributed by atoms with Crippen LogP contribution in [0.1, 0.15) is 34.3 Å². The average Bonchev–Trinajstić information content (AvgIpc) is 3.09. The van der Waals surface area contributed by atoms with E-state index >= 15 is 0 Å². The second-order valence-electron chi connectivity index (χ2n) is 8.99. The molecule has 1 saturated heterocycles. The SMILES string of the molecule is C[Si](C)(O)c1cccc(C(=O)N2CCC3(CC2)COc2ccc(CNC(=O)O)cc23)c1. The van der Waals surface area contributed by atoms with Crippen LogP contribution in [0.3, 0.4) is 0 Å². The van der Waals surface area contributed by atoms with Crippen LogP contribution in [0.4, 0.5) is 4.79 Å². The summed E-state index contributed by atoms with van der Waals surface area (Å²) in [5.41, 5.74) is 2.48. The van der Waals surface area contributed by atoms with Gasteiger partial charge in [-0.25, -0.2) is 4.79 Å². The summed E-state index contributed by atoms with van der Waals surface area (Å²) in [5.74, 6) is 0.843. The minimum absolute atomic E-state index is 0.00602. The monoisotopic (exact) mass is 440 g/mol. The zero-order valence-corrected chi connectivity index (χ0v) is 18.9. The summed E-state index contributed by atoms with van der Waals surface area (Å²) in [6.07, 6.45) is 0.540. The summed E-state index contributed by atoms with van der Waals surface area (Å²) in [7, 11) is -2.47. The first-order valence-corrected chi connectivity index (χ1v) is 13.5. The number of carboxylic acid groups (broad SMARTS) is 1. The van der Waals surface area contributed by atoms with Crippen molar-refractivity contribution in [2.45, 2.75) is 37.9 Å². The van der Waals surface area contributed by atoms with Crippen molar-refractivity contribution < 1.29 is 24.2 Å². The van der Waals surface area contributed by atoms with Gasteiger partial charge in [0.1, 0.15) is 5.75 Å². The number of carbonyl (C=O) groups excluding carboxylic acids is 1. The molecule has 2 aromatic carbocycles. The fraction of sp³-hybridized carbons (Fsp3) is 0.391. The van der Waals surface area contributed by atoms with E-state index < -0.39 is 14.4 Å². The molecule has 2 aromatic rings. The fourth-order valence-corrected chi connectivity index (χ4v) is 5.48. The van der Waals surface area contributed by atoms with E-state index in [0.717, 1.165) is 34.9 Å². The molecular weight excluding hydrogens is 412 g/mol. The highest BCUT2D eigenvalue weighted by Crippen LogP contribution is 2.46. The average molecular weight is 441 g/mol. The quantitative estimate of drug-likeness (QED) is 0.634. The predicted molar refractivity (Wildman–Crippen MR) is 119 cm³/mol. The minimum Gasteiger partial charge on any atom is -0.492 e. The van der Waals surface area contributed by atoms with Crippen molar-refractivity contribution in [1.82, 2.24) is 10.2 Å².